The summed E-state index contributed by atoms with van der Waals surface area (Å²) in [5, 5.41) is 2.74. The summed E-state index contributed by atoms with van der Waals surface area (Å²) < 4.78 is 5.13. The van der Waals surface area contributed by atoms with Gasteiger partial charge in [0.25, 0.3) is 0 Å². The lowest BCUT2D eigenvalue weighted by Crippen LogP contribution is -2.41. The number of nitrogens with one attached hydrogen (secondary N) is 1. The molecule has 0 saturated heterocycles. The Morgan fingerprint density at radius 1 is 1.40 bits per heavy atom. The average Bonchev–Trinajstić information content (AvgIpc) is 2.48. The Hall–Kier alpha value is -1.06. The fraction of sp³-hybridized carbons (Fsp3) is 0.818. The molecule has 0 aliphatic heterocycles. The molecule has 0 aromatic carbocycles. The largest absolute Gasteiger partial charge is 0.444 e. The van der Waals surface area contributed by atoms with E-state index in [2.05, 4.69) is 5.32 Å². The molecule has 0 spiro atoms. The molecule has 1 aliphatic carbocycles. The van der Waals surface area contributed by atoms with E-state index in [0.717, 1.165) is 25.5 Å². The monoisotopic (exact) mass is 213 g/mol. The highest BCUT2D eigenvalue weighted by molar-refractivity contribution is 5.69. The minimum atomic E-state index is -0.487. The predicted octanol–water partition coefficient (Wildman–Crippen LogP) is 1.88. The van der Waals surface area contributed by atoms with E-state index in [4.69, 9.17) is 4.74 Å². The summed E-state index contributed by atoms with van der Waals surface area (Å²) in [5.41, 5.74) is -0.487. The number of hydrogen-bond donors (Lipinski definition) is 1. The van der Waals surface area contributed by atoms with E-state index in [1.807, 2.05) is 20.8 Å². The quantitative estimate of drug-likeness (QED) is 0.712. The Balaban J connectivity index is 2.41. The van der Waals surface area contributed by atoms with Gasteiger partial charge in [0.1, 0.15) is 11.9 Å². The third-order valence-electron chi connectivity index (χ3n) is 2.45. The second kappa shape index (κ2) is 4.64. The van der Waals surface area contributed by atoms with Crippen LogP contribution in [-0.4, -0.2) is 24.0 Å². The Morgan fingerprint density at radius 2 is 2.07 bits per heavy atom. The highest BCUT2D eigenvalue weighted by atomic mass is 16.6. The summed E-state index contributed by atoms with van der Waals surface area (Å²) in [4.78, 5) is 22.1. The van der Waals surface area contributed by atoms with E-state index in [-0.39, 0.29) is 12.0 Å². The summed E-state index contributed by atoms with van der Waals surface area (Å²) >= 11 is 0. The number of carbonyl (C=O) groups excluding carboxylic acids is 2. The Morgan fingerprint density at radius 3 is 2.60 bits per heavy atom. The van der Waals surface area contributed by atoms with Gasteiger partial charge < -0.3 is 14.8 Å². The molecule has 0 aromatic rings. The number of aldehydes is 1. The van der Waals surface area contributed by atoms with E-state index in [1.54, 1.807) is 0 Å². The molecule has 2 atom stereocenters. The second-order valence-electron chi connectivity index (χ2n) is 4.98. The van der Waals surface area contributed by atoms with Crippen LogP contribution in [0.3, 0.4) is 0 Å². The third-order valence-corrected chi connectivity index (χ3v) is 2.45. The van der Waals surface area contributed by atoms with Crippen molar-refractivity contribution in [2.24, 2.45) is 5.92 Å². The molecule has 86 valence electrons. The van der Waals surface area contributed by atoms with Crippen molar-refractivity contribution in [1.29, 1.82) is 0 Å². The molecule has 1 amide bonds. The normalized spacial score (nSPS) is 26.1. The van der Waals surface area contributed by atoms with Crippen molar-refractivity contribution in [3.05, 3.63) is 0 Å². The van der Waals surface area contributed by atoms with Gasteiger partial charge in [-0.15, -0.1) is 0 Å². The van der Waals surface area contributed by atoms with Gasteiger partial charge >= 0.3 is 6.09 Å². The number of carbonyl (C=O) groups is 2. The number of hydrogen-bond acceptors (Lipinski definition) is 3. The first-order valence-corrected chi connectivity index (χ1v) is 5.37. The standard InChI is InChI=1S/C11H19NO3/c1-11(2,3)15-10(14)12-9-6-4-5-8(9)7-13/h7-9H,4-6H2,1-3H3,(H,12,14)/t8?,9-/m1/s1. The van der Waals surface area contributed by atoms with Crippen molar-refractivity contribution < 1.29 is 14.3 Å². The lowest BCUT2D eigenvalue weighted by Gasteiger charge is -2.22. The van der Waals surface area contributed by atoms with Crippen LogP contribution in [0.2, 0.25) is 0 Å². The van der Waals surface area contributed by atoms with Crippen LogP contribution in [0, 0.1) is 5.92 Å². The summed E-state index contributed by atoms with van der Waals surface area (Å²) in [6, 6.07) is -0.0441. The minimum Gasteiger partial charge on any atom is -0.444 e. The van der Waals surface area contributed by atoms with Crippen molar-refractivity contribution in [1.82, 2.24) is 5.32 Å². The number of alkyl carbamates (subject to hydrolysis) is 1. The Bertz CT molecular complexity index is 245. The van der Waals surface area contributed by atoms with Crippen LogP contribution >= 0.6 is 0 Å². The first-order chi connectivity index (χ1) is 6.92. The Kier molecular flexibility index (Phi) is 3.72. The second-order valence-corrected chi connectivity index (χ2v) is 4.98. The lowest BCUT2D eigenvalue weighted by molar-refractivity contribution is -0.111. The zero-order valence-electron chi connectivity index (χ0n) is 9.58. The van der Waals surface area contributed by atoms with Gasteiger partial charge in [0.2, 0.25) is 0 Å². The molecule has 1 rings (SSSR count). The van der Waals surface area contributed by atoms with E-state index < -0.39 is 11.7 Å². The minimum absolute atomic E-state index is 0.0440. The van der Waals surface area contributed by atoms with Gasteiger partial charge in [0.15, 0.2) is 0 Å². The SMILES string of the molecule is CC(C)(C)OC(=O)N[C@@H]1CCCC1C=O. The number of rotatable bonds is 2. The lowest BCUT2D eigenvalue weighted by atomic mass is 10.1. The highest BCUT2D eigenvalue weighted by Gasteiger charge is 2.29. The van der Waals surface area contributed by atoms with E-state index in [0.29, 0.717) is 0 Å². The number of amides is 1. The zero-order valence-corrected chi connectivity index (χ0v) is 9.58. The van der Waals surface area contributed by atoms with Crippen molar-refractivity contribution in [3.8, 4) is 0 Å². The maximum absolute atomic E-state index is 11.4. The molecular weight excluding hydrogens is 194 g/mol. The fourth-order valence-corrected chi connectivity index (χ4v) is 1.79. The molecule has 1 aliphatic rings. The molecule has 0 aromatic heterocycles. The maximum Gasteiger partial charge on any atom is 0.407 e. The van der Waals surface area contributed by atoms with Gasteiger partial charge in [-0.2, -0.15) is 0 Å². The van der Waals surface area contributed by atoms with Crippen LogP contribution in [0.1, 0.15) is 40.0 Å². The topological polar surface area (TPSA) is 55.4 Å². The zero-order chi connectivity index (χ0) is 11.5. The van der Waals surface area contributed by atoms with E-state index in [9.17, 15) is 9.59 Å². The Labute approximate surface area is 90.4 Å². The van der Waals surface area contributed by atoms with Gasteiger partial charge in [-0.25, -0.2) is 4.79 Å². The van der Waals surface area contributed by atoms with Gasteiger partial charge in [0.05, 0.1) is 0 Å². The summed E-state index contributed by atoms with van der Waals surface area (Å²) in [6.45, 7) is 5.45. The molecule has 1 unspecified atom stereocenters. The van der Waals surface area contributed by atoms with Gasteiger partial charge in [-0.3, -0.25) is 0 Å². The molecule has 0 radical (unpaired) electrons. The van der Waals surface area contributed by atoms with Crippen molar-refractivity contribution in [2.45, 2.75) is 51.7 Å². The first kappa shape index (κ1) is 12.0. The molecule has 15 heavy (non-hydrogen) atoms. The van der Waals surface area contributed by atoms with Crippen LogP contribution in [0.25, 0.3) is 0 Å². The van der Waals surface area contributed by atoms with Crippen LogP contribution in [0.4, 0.5) is 4.79 Å². The summed E-state index contributed by atoms with van der Waals surface area (Å²) in [5.74, 6) is -0.0440. The van der Waals surface area contributed by atoms with Crippen LogP contribution < -0.4 is 5.32 Å². The predicted molar refractivity (Wildman–Crippen MR) is 56.6 cm³/mol. The fourth-order valence-electron chi connectivity index (χ4n) is 1.79. The van der Waals surface area contributed by atoms with Crippen LogP contribution in [-0.2, 0) is 9.53 Å². The number of ether oxygens (including phenoxy) is 1. The van der Waals surface area contributed by atoms with Crippen LogP contribution in [0.5, 0.6) is 0 Å². The molecular formula is C11H19NO3. The molecule has 1 N–H and O–H groups in total. The smallest absolute Gasteiger partial charge is 0.407 e. The molecule has 4 heteroatoms. The van der Waals surface area contributed by atoms with Gasteiger partial charge in [-0.1, -0.05) is 6.42 Å². The summed E-state index contributed by atoms with van der Waals surface area (Å²) in [6.07, 6.45) is 3.21. The highest BCUT2D eigenvalue weighted by Crippen LogP contribution is 2.24. The molecule has 0 bridgehead atoms. The van der Waals surface area contributed by atoms with Crippen LogP contribution in [0.15, 0.2) is 0 Å². The van der Waals surface area contributed by atoms with Gasteiger partial charge in [-0.05, 0) is 33.6 Å². The molecule has 0 heterocycles. The van der Waals surface area contributed by atoms with E-state index >= 15 is 0 Å². The van der Waals surface area contributed by atoms with Crippen molar-refractivity contribution in [3.63, 3.8) is 0 Å². The van der Waals surface area contributed by atoms with Crippen molar-refractivity contribution in [2.75, 3.05) is 0 Å². The van der Waals surface area contributed by atoms with E-state index in [1.165, 1.54) is 0 Å². The maximum atomic E-state index is 11.4. The average molecular weight is 213 g/mol. The first-order valence-electron chi connectivity index (χ1n) is 5.37. The summed E-state index contributed by atoms with van der Waals surface area (Å²) in [7, 11) is 0. The molecule has 1 saturated carbocycles. The van der Waals surface area contributed by atoms with Gasteiger partial charge in [0, 0.05) is 12.0 Å². The third kappa shape index (κ3) is 3.90. The molecule has 1 fully saturated rings. The van der Waals surface area contributed by atoms with Crippen molar-refractivity contribution >= 4 is 12.4 Å². The molecule has 4 nitrogen and oxygen atoms in total.